The van der Waals surface area contributed by atoms with E-state index < -0.39 is 0 Å². The van der Waals surface area contributed by atoms with Gasteiger partial charge in [0.1, 0.15) is 0 Å². The summed E-state index contributed by atoms with van der Waals surface area (Å²) in [6.07, 6.45) is 11.8. The summed E-state index contributed by atoms with van der Waals surface area (Å²) in [4.78, 5) is 18.6. The van der Waals surface area contributed by atoms with Crippen LogP contribution in [0.15, 0.2) is 53.6 Å². The highest BCUT2D eigenvalue weighted by Gasteiger charge is 2.36. The molecule has 200 valence electrons. The highest BCUT2D eigenvalue weighted by molar-refractivity contribution is 5.79. The standard InChI is InChI=1S/C30H39N7O/c1-5-6-11-23-20-37(27-15-10-9-14-26(27)30(2,3)4)29(38)36(23)19-22-17-16-21(18-31-22)24-12-7-8-13-25(24)28-32-34-35-33-28/h7-8,12-13,16-18,20,26-27H,5-6,9-11,14-15,19H2,1-4H3,(H,32,33,34,35). The number of aryl methyl sites for hydroxylation is 1. The van der Waals surface area contributed by atoms with Gasteiger partial charge in [0.15, 0.2) is 5.82 Å². The van der Waals surface area contributed by atoms with Crippen LogP contribution in [0.25, 0.3) is 22.5 Å². The van der Waals surface area contributed by atoms with Crippen molar-refractivity contribution in [2.24, 2.45) is 11.3 Å². The van der Waals surface area contributed by atoms with Crippen LogP contribution in [0.2, 0.25) is 0 Å². The quantitative estimate of drug-likeness (QED) is 0.309. The number of hydrogen-bond acceptors (Lipinski definition) is 5. The lowest BCUT2D eigenvalue weighted by molar-refractivity contribution is 0.111. The van der Waals surface area contributed by atoms with Crippen LogP contribution in [0.4, 0.5) is 0 Å². The minimum Gasteiger partial charge on any atom is -0.296 e. The third kappa shape index (κ3) is 5.35. The van der Waals surface area contributed by atoms with Crippen LogP contribution < -0.4 is 5.69 Å². The number of H-pyrrole nitrogens is 1. The molecule has 5 rings (SSSR count). The number of hydrogen-bond donors (Lipinski definition) is 1. The van der Waals surface area contributed by atoms with Gasteiger partial charge in [-0.15, -0.1) is 5.10 Å². The van der Waals surface area contributed by atoms with E-state index in [0.717, 1.165) is 53.8 Å². The first-order valence-electron chi connectivity index (χ1n) is 14.0. The molecule has 0 amide bonds. The summed E-state index contributed by atoms with van der Waals surface area (Å²) in [7, 11) is 0. The lowest BCUT2D eigenvalue weighted by Gasteiger charge is -2.40. The zero-order chi connectivity index (χ0) is 26.7. The Labute approximate surface area is 224 Å². The van der Waals surface area contributed by atoms with Crippen LogP contribution in [0.5, 0.6) is 0 Å². The molecule has 1 aliphatic carbocycles. The number of unbranched alkanes of at least 4 members (excludes halogenated alkanes) is 1. The molecule has 1 N–H and O–H groups in total. The summed E-state index contributed by atoms with van der Waals surface area (Å²) >= 11 is 0. The third-order valence-corrected chi connectivity index (χ3v) is 8.06. The van der Waals surface area contributed by atoms with Crippen molar-refractivity contribution < 1.29 is 0 Å². The number of nitrogens with one attached hydrogen (secondary N) is 1. The highest BCUT2D eigenvalue weighted by atomic mass is 16.1. The Kier molecular flexibility index (Phi) is 7.58. The van der Waals surface area contributed by atoms with E-state index in [1.165, 1.54) is 19.3 Å². The summed E-state index contributed by atoms with van der Waals surface area (Å²) < 4.78 is 4.02. The number of aromatic nitrogens is 7. The van der Waals surface area contributed by atoms with Gasteiger partial charge in [0.05, 0.1) is 12.2 Å². The monoisotopic (exact) mass is 513 g/mol. The first kappa shape index (κ1) is 26.1. The maximum Gasteiger partial charge on any atom is 0.328 e. The molecule has 1 fully saturated rings. The Morgan fingerprint density at radius 1 is 1.05 bits per heavy atom. The maximum absolute atomic E-state index is 13.9. The predicted octanol–water partition coefficient (Wildman–Crippen LogP) is 6.06. The number of rotatable bonds is 8. The molecule has 2 unspecified atom stereocenters. The molecular formula is C30H39N7O. The van der Waals surface area contributed by atoms with Crippen molar-refractivity contribution in [2.45, 2.75) is 85.2 Å². The Morgan fingerprint density at radius 3 is 2.53 bits per heavy atom. The van der Waals surface area contributed by atoms with Gasteiger partial charge < -0.3 is 0 Å². The number of pyridine rings is 1. The summed E-state index contributed by atoms with van der Waals surface area (Å²) in [6, 6.07) is 12.3. The van der Waals surface area contributed by atoms with E-state index in [0.29, 0.717) is 18.3 Å². The van der Waals surface area contributed by atoms with E-state index in [9.17, 15) is 4.79 Å². The lowest BCUT2D eigenvalue weighted by atomic mass is 9.69. The van der Waals surface area contributed by atoms with Crippen molar-refractivity contribution in [3.8, 4) is 22.5 Å². The summed E-state index contributed by atoms with van der Waals surface area (Å²) in [5, 5.41) is 14.3. The highest BCUT2D eigenvalue weighted by Crippen LogP contribution is 2.44. The smallest absolute Gasteiger partial charge is 0.296 e. The van der Waals surface area contributed by atoms with Gasteiger partial charge in [-0.25, -0.2) is 9.89 Å². The molecule has 0 saturated heterocycles. The molecule has 0 aliphatic heterocycles. The first-order chi connectivity index (χ1) is 18.4. The first-order valence-corrected chi connectivity index (χ1v) is 14.0. The SMILES string of the molecule is CCCCc1cn(C2CCCCC2C(C)(C)C)c(=O)n1Cc1ccc(-c2ccccc2-c2nnn[nH]2)cn1. The van der Waals surface area contributed by atoms with Gasteiger partial charge in [-0.1, -0.05) is 77.3 Å². The van der Waals surface area contributed by atoms with Gasteiger partial charge in [0.25, 0.3) is 0 Å². The van der Waals surface area contributed by atoms with E-state index in [1.807, 2.05) is 41.1 Å². The average molecular weight is 514 g/mol. The minimum absolute atomic E-state index is 0.103. The van der Waals surface area contributed by atoms with Crippen molar-refractivity contribution in [1.82, 2.24) is 34.7 Å². The Hall–Kier alpha value is -3.55. The van der Waals surface area contributed by atoms with E-state index in [4.69, 9.17) is 4.98 Å². The van der Waals surface area contributed by atoms with Crippen LogP contribution in [0.1, 0.15) is 83.6 Å². The molecule has 1 aliphatic rings. The van der Waals surface area contributed by atoms with Gasteiger partial charge in [-0.2, -0.15) is 0 Å². The molecule has 8 nitrogen and oxygen atoms in total. The van der Waals surface area contributed by atoms with Crippen LogP contribution in [0.3, 0.4) is 0 Å². The second-order valence-corrected chi connectivity index (χ2v) is 11.7. The molecule has 2 atom stereocenters. The largest absolute Gasteiger partial charge is 0.328 e. The molecule has 3 aromatic heterocycles. The number of benzene rings is 1. The fraction of sp³-hybridized carbons (Fsp3) is 0.500. The molecule has 1 aromatic carbocycles. The van der Waals surface area contributed by atoms with E-state index >= 15 is 0 Å². The van der Waals surface area contributed by atoms with Crippen molar-refractivity contribution >= 4 is 0 Å². The number of aromatic amines is 1. The van der Waals surface area contributed by atoms with E-state index in [-0.39, 0.29) is 17.1 Å². The topological polar surface area (TPSA) is 94.3 Å². The number of tetrazole rings is 1. The fourth-order valence-electron chi connectivity index (χ4n) is 6.02. The fourth-order valence-corrected chi connectivity index (χ4v) is 6.02. The van der Waals surface area contributed by atoms with Gasteiger partial charge in [-0.3, -0.25) is 14.1 Å². The van der Waals surface area contributed by atoms with Crippen molar-refractivity contribution in [1.29, 1.82) is 0 Å². The molecule has 38 heavy (non-hydrogen) atoms. The second kappa shape index (κ2) is 11.1. The van der Waals surface area contributed by atoms with Gasteiger partial charge in [0.2, 0.25) is 0 Å². The van der Waals surface area contributed by atoms with Gasteiger partial charge in [0, 0.05) is 35.3 Å². The predicted molar refractivity (Wildman–Crippen MR) is 150 cm³/mol. The van der Waals surface area contributed by atoms with Crippen molar-refractivity contribution in [3.05, 3.63) is 70.7 Å². The van der Waals surface area contributed by atoms with Crippen LogP contribution in [-0.4, -0.2) is 34.7 Å². The van der Waals surface area contributed by atoms with E-state index in [2.05, 4.69) is 65.1 Å². The van der Waals surface area contributed by atoms with Crippen LogP contribution in [-0.2, 0) is 13.0 Å². The molecule has 3 heterocycles. The second-order valence-electron chi connectivity index (χ2n) is 11.7. The Bertz CT molecular complexity index is 1390. The molecule has 4 aromatic rings. The average Bonchev–Trinajstić information content (AvgIpc) is 3.56. The molecule has 8 heteroatoms. The molecule has 0 radical (unpaired) electrons. The van der Waals surface area contributed by atoms with Crippen LogP contribution >= 0.6 is 0 Å². The molecular weight excluding hydrogens is 474 g/mol. The lowest BCUT2D eigenvalue weighted by Crippen LogP contribution is -2.38. The third-order valence-electron chi connectivity index (χ3n) is 8.06. The van der Waals surface area contributed by atoms with Gasteiger partial charge in [-0.05, 0) is 59.1 Å². The Morgan fingerprint density at radius 2 is 1.84 bits per heavy atom. The summed E-state index contributed by atoms with van der Waals surface area (Å²) in [5.41, 5.74) is 5.17. The van der Waals surface area contributed by atoms with Crippen molar-refractivity contribution in [2.75, 3.05) is 0 Å². The Balaban J connectivity index is 1.45. The number of imidazole rings is 1. The molecule has 1 saturated carbocycles. The molecule has 0 spiro atoms. The molecule has 0 bridgehead atoms. The minimum atomic E-state index is 0.103. The van der Waals surface area contributed by atoms with E-state index in [1.54, 1.807) is 0 Å². The van der Waals surface area contributed by atoms with Crippen molar-refractivity contribution in [3.63, 3.8) is 0 Å². The summed E-state index contributed by atoms with van der Waals surface area (Å²) in [5.74, 6) is 1.12. The normalized spacial score (nSPS) is 18.1. The summed E-state index contributed by atoms with van der Waals surface area (Å²) in [6.45, 7) is 9.63. The van der Waals surface area contributed by atoms with Gasteiger partial charge >= 0.3 is 5.69 Å². The maximum atomic E-state index is 13.9. The zero-order valence-electron chi connectivity index (χ0n) is 23.0. The number of nitrogens with zero attached hydrogens (tertiary/aromatic N) is 6. The van der Waals surface area contributed by atoms with Crippen LogP contribution in [0, 0.1) is 11.3 Å². The zero-order valence-corrected chi connectivity index (χ0v) is 23.0.